The first-order valence-corrected chi connectivity index (χ1v) is 8.09. The van der Waals surface area contributed by atoms with E-state index in [4.69, 9.17) is 4.42 Å². The molecule has 0 aliphatic rings. The molecule has 1 unspecified atom stereocenters. The number of hydrogen-bond donors (Lipinski definition) is 1. The number of benzene rings is 2. The van der Waals surface area contributed by atoms with Gasteiger partial charge in [-0.2, -0.15) is 0 Å². The number of rotatable bonds is 4. The Morgan fingerprint density at radius 3 is 2.56 bits per heavy atom. The summed E-state index contributed by atoms with van der Waals surface area (Å²) in [4.78, 5) is 25.6. The number of anilines is 1. The number of amides is 2. The smallest absolute Gasteiger partial charge is 0.254 e. The summed E-state index contributed by atoms with van der Waals surface area (Å²) in [5.74, 6) is 0.420. The number of fused-ring (bicyclic) bond motifs is 1. The second-order valence-electron chi connectivity index (χ2n) is 6.04. The minimum atomic E-state index is -0.218. The molecule has 0 bridgehead atoms. The number of furan rings is 1. The van der Waals surface area contributed by atoms with Gasteiger partial charge >= 0.3 is 0 Å². The molecule has 3 rings (SSSR count). The number of nitrogens with one attached hydrogen (secondary N) is 1. The first-order valence-electron chi connectivity index (χ1n) is 8.09. The Kier molecular flexibility index (Phi) is 4.57. The van der Waals surface area contributed by atoms with Gasteiger partial charge in [-0.25, -0.2) is 0 Å². The lowest BCUT2D eigenvalue weighted by atomic mass is 10.1. The van der Waals surface area contributed by atoms with Crippen LogP contribution in [0.25, 0.3) is 11.0 Å². The van der Waals surface area contributed by atoms with Crippen LogP contribution in [0.15, 0.2) is 59.0 Å². The molecule has 0 saturated carbocycles. The predicted octanol–water partition coefficient (Wildman–Crippen LogP) is 4.22. The largest absolute Gasteiger partial charge is 0.459 e. The van der Waals surface area contributed by atoms with E-state index in [0.29, 0.717) is 11.3 Å². The van der Waals surface area contributed by atoms with Crippen LogP contribution in [0.2, 0.25) is 0 Å². The lowest BCUT2D eigenvalue weighted by Crippen LogP contribution is -2.29. The summed E-state index contributed by atoms with van der Waals surface area (Å²) in [5.41, 5.74) is 1.91. The van der Waals surface area contributed by atoms with E-state index < -0.39 is 0 Å². The summed E-state index contributed by atoms with van der Waals surface area (Å²) in [7, 11) is 1.74. The van der Waals surface area contributed by atoms with Crippen LogP contribution in [0, 0.1) is 0 Å². The Labute approximate surface area is 146 Å². The second-order valence-corrected chi connectivity index (χ2v) is 6.04. The Bertz CT molecular complexity index is 896. The van der Waals surface area contributed by atoms with Gasteiger partial charge in [0.25, 0.3) is 5.91 Å². The molecule has 0 saturated heterocycles. The lowest BCUT2D eigenvalue weighted by molar-refractivity contribution is -0.114. The molecule has 0 spiro atoms. The maximum atomic E-state index is 12.8. The average molecular weight is 336 g/mol. The van der Waals surface area contributed by atoms with Gasteiger partial charge in [-0.1, -0.05) is 24.3 Å². The summed E-state index contributed by atoms with van der Waals surface area (Å²) < 4.78 is 5.86. The fraction of sp³-hybridized carbons (Fsp3) is 0.200. The third-order valence-electron chi connectivity index (χ3n) is 4.19. The van der Waals surface area contributed by atoms with Crippen molar-refractivity contribution in [2.24, 2.45) is 0 Å². The molecule has 0 fully saturated rings. The number of nitrogens with zero attached hydrogens (tertiary/aromatic N) is 1. The van der Waals surface area contributed by atoms with E-state index >= 15 is 0 Å². The molecular formula is C20H20N2O3. The van der Waals surface area contributed by atoms with Crippen LogP contribution in [0.4, 0.5) is 5.69 Å². The minimum Gasteiger partial charge on any atom is -0.459 e. The van der Waals surface area contributed by atoms with Crippen molar-refractivity contribution in [2.45, 2.75) is 19.9 Å². The van der Waals surface area contributed by atoms with E-state index in [9.17, 15) is 9.59 Å². The second kappa shape index (κ2) is 6.81. The van der Waals surface area contributed by atoms with Crippen LogP contribution < -0.4 is 5.32 Å². The molecule has 1 atom stereocenters. The maximum absolute atomic E-state index is 12.8. The summed E-state index contributed by atoms with van der Waals surface area (Å²) in [6.07, 6.45) is 0. The molecule has 2 amide bonds. The molecule has 3 aromatic rings. The quantitative estimate of drug-likeness (QED) is 0.776. The Hall–Kier alpha value is -3.08. The van der Waals surface area contributed by atoms with Gasteiger partial charge in [-0.3, -0.25) is 9.59 Å². The van der Waals surface area contributed by atoms with E-state index in [0.717, 1.165) is 16.7 Å². The number of carbonyl (C=O) groups is 2. The highest BCUT2D eigenvalue weighted by atomic mass is 16.3. The van der Waals surface area contributed by atoms with Crippen LogP contribution in [0.1, 0.15) is 36.0 Å². The van der Waals surface area contributed by atoms with E-state index in [1.165, 1.54) is 6.92 Å². The third kappa shape index (κ3) is 3.55. The summed E-state index contributed by atoms with van der Waals surface area (Å²) in [6.45, 7) is 3.36. The summed E-state index contributed by atoms with van der Waals surface area (Å²) in [5, 5.41) is 3.70. The summed E-state index contributed by atoms with van der Waals surface area (Å²) >= 11 is 0. The highest BCUT2D eigenvalue weighted by molar-refractivity contribution is 5.97. The van der Waals surface area contributed by atoms with Crippen molar-refractivity contribution in [2.75, 3.05) is 12.4 Å². The van der Waals surface area contributed by atoms with Crippen molar-refractivity contribution < 1.29 is 14.0 Å². The van der Waals surface area contributed by atoms with Gasteiger partial charge in [-0.15, -0.1) is 0 Å². The predicted molar refractivity (Wildman–Crippen MR) is 97.5 cm³/mol. The van der Waals surface area contributed by atoms with Gasteiger partial charge in [0, 0.05) is 30.6 Å². The fourth-order valence-electron chi connectivity index (χ4n) is 2.71. The molecule has 0 aliphatic carbocycles. The van der Waals surface area contributed by atoms with Crippen LogP contribution in [0.5, 0.6) is 0 Å². The molecule has 0 radical (unpaired) electrons. The van der Waals surface area contributed by atoms with Crippen LogP contribution in [-0.2, 0) is 4.79 Å². The van der Waals surface area contributed by atoms with E-state index in [2.05, 4.69) is 5.32 Å². The Morgan fingerprint density at radius 1 is 1.08 bits per heavy atom. The van der Waals surface area contributed by atoms with Crippen molar-refractivity contribution >= 4 is 28.5 Å². The van der Waals surface area contributed by atoms with Gasteiger partial charge in [-0.05, 0) is 37.3 Å². The molecule has 128 valence electrons. The topological polar surface area (TPSA) is 62.6 Å². The van der Waals surface area contributed by atoms with Gasteiger partial charge in [0.15, 0.2) is 0 Å². The lowest BCUT2D eigenvalue weighted by Gasteiger charge is -2.23. The molecule has 5 nitrogen and oxygen atoms in total. The van der Waals surface area contributed by atoms with Crippen LogP contribution in [-0.4, -0.2) is 23.8 Å². The van der Waals surface area contributed by atoms with Crippen molar-refractivity contribution in [3.05, 3.63) is 65.9 Å². The first-order chi connectivity index (χ1) is 12.0. The zero-order valence-corrected chi connectivity index (χ0v) is 14.4. The third-order valence-corrected chi connectivity index (χ3v) is 4.19. The van der Waals surface area contributed by atoms with Crippen molar-refractivity contribution in [1.82, 2.24) is 4.90 Å². The number of hydrogen-bond acceptors (Lipinski definition) is 3. The zero-order chi connectivity index (χ0) is 18.0. The maximum Gasteiger partial charge on any atom is 0.254 e. The normalized spacial score (nSPS) is 12.0. The van der Waals surface area contributed by atoms with E-state index in [1.807, 2.05) is 37.3 Å². The SMILES string of the molecule is CC(=O)Nc1cccc(C(=O)N(C)C(C)c2cc3ccccc3o2)c1. The molecular weight excluding hydrogens is 316 g/mol. The van der Waals surface area contributed by atoms with Gasteiger partial charge in [0.1, 0.15) is 11.3 Å². The van der Waals surface area contributed by atoms with Crippen LogP contribution in [0.3, 0.4) is 0 Å². The average Bonchev–Trinajstić information content (AvgIpc) is 3.03. The zero-order valence-electron chi connectivity index (χ0n) is 14.4. The molecule has 1 N–H and O–H groups in total. The minimum absolute atomic E-state index is 0.139. The number of para-hydroxylation sites is 1. The van der Waals surface area contributed by atoms with E-state index in [1.54, 1.807) is 36.2 Å². The first kappa shape index (κ1) is 16.8. The van der Waals surface area contributed by atoms with Gasteiger partial charge in [0.05, 0.1) is 6.04 Å². The fourth-order valence-corrected chi connectivity index (χ4v) is 2.71. The molecule has 1 aromatic heterocycles. The highest BCUT2D eigenvalue weighted by Gasteiger charge is 2.22. The molecule has 5 heteroatoms. The molecule has 1 heterocycles. The number of carbonyl (C=O) groups excluding carboxylic acids is 2. The van der Waals surface area contributed by atoms with Crippen LogP contribution >= 0.6 is 0 Å². The van der Waals surface area contributed by atoms with Crippen molar-refractivity contribution in [3.8, 4) is 0 Å². The van der Waals surface area contributed by atoms with E-state index in [-0.39, 0.29) is 17.9 Å². The van der Waals surface area contributed by atoms with Gasteiger partial charge in [0.2, 0.25) is 5.91 Å². The van der Waals surface area contributed by atoms with Crippen molar-refractivity contribution in [1.29, 1.82) is 0 Å². The van der Waals surface area contributed by atoms with Crippen molar-refractivity contribution in [3.63, 3.8) is 0 Å². The van der Waals surface area contributed by atoms with Gasteiger partial charge < -0.3 is 14.6 Å². The molecule has 2 aromatic carbocycles. The molecule has 25 heavy (non-hydrogen) atoms. The monoisotopic (exact) mass is 336 g/mol. The summed E-state index contributed by atoms with van der Waals surface area (Å²) in [6, 6.07) is 16.4. The highest BCUT2D eigenvalue weighted by Crippen LogP contribution is 2.27. The standard InChI is InChI=1S/C20H20N2O3/c1-13(19-12-15-7-4-5-10-18(15)25-19)22(3)20(24)16-8-6-9-17(11-16)21-14(2)23/h4-13H,1-3H3,(H,21,23). The Balaban J connectivity index is 1.82. The molecule has 0 aliphatic heterocycles. The Morgan fingerprint density at radius 2 is 1.84 bits per heavy atom.